The highest BCUT2D eigenvalue weighted by atomic mass is 32.2. The normalized spacial score (nSPS) is 11.7. The largest absolute Gasteiger partial charge is 0.296 e. The molecule has 0 amide bonds. The molecule has 0 fully saturated rings. The van der Waals surface area contributed by atoms with Gasteiger partial charge in [-0.3, -0.25) is 4.55 Å². The van der Waals surface area contributed by atoms with E-state index in [1.165, 1.54) is 6.07 Å². The average molecular weight is 327 g/mol. The Hall–Kier alpha value is -2.24. The number of fused-ring (bicyclic) bond motifs is 1. The molecule has 5 heteroatoms. The number of nitrogens with zero attached hydrogens (tertiary/aromatic N) is 1. The van der Waals surface area contributed by atoms with Gasteiger partial charge in [-0.15, -0.1) is 0 Å². The number of aryl methyl sites for hydroxylation is 1. The third kappa shape index (κ3) is 3.25. The molecule has 2 aromatic carbocycles. The lowest BCUT2D eigenvalue weighted by atomic mass is 10.1. The van der Waals surface area contributed by atoms with Crippen LogP contribution in [0.5, 0.6) is 0 Å². The van der Waals surface area contributed by atoms with E-state index in [1.54, 1.807) is 0 Å². The predicted octanol–water partition coefficient (Wildman–Crippen LogP) is 4.10. The van der Waals surface area contributed by atoms with E-state index in [2.05, 4.69) is 4.98 Å². The Kier molecular flexibility index (Phi) is 4.15. The molecule has 1 N–H and O–H groups in total. The average Bonchev–Trinajstić information content (AvgIpc) is 2.54. The molecule has 0 saturated heterocycles. The third-order valence-corrected chi connectivity index (χ3v) is 4.57. The Labute approximate surface area is 135 Å². The molecule has 0 saturated carbocycles. The van der Waals surface area contributed by atoms with Gasteiger partial charge in [-0.05, 0) is 30.2 Å². The van der Waals surface area contributed by atoms with Crippen LogP contribution in [-0.2, 0) is 16.5 Å². The summed E-state index contributed by atoms with van der Waals surface area (Å²) in [5, 5.41) is 0.711. The molecule has 0 aliphatic carbocycles. The van der Waals surface area contributed by atoms with Gasteiger partial charge in [0.1, 0.15) is 4.90 Å². The number of aromatic nitrogens is 1. The van der Waals surface area contributed by atoms with Gasteiger partial charge in [0.15, 0.2) is 0 Å². The van der Waals surface area contributed by atoms with Crippen molar-refractivity contribution in [3.05, 3.63) is 60.2 Å². The van der Waals surface area contributed by atoms with Gasteiger partial charge in [0.25, 0.3) is 10.1 Å². The van der Waals surface area contributed by atoms with Crippen molar-refractivity contribution in [1.29, 1.82) is 0 Å². The molecule has 3 aromatic rings. The molecule has 3 rings (SSSR count). The molecule has 0 atom stereocenters. The Morgan fingerprint density at radius 1 is 1.04 bits per heavy atom. The fourth-order valence-corrected chi connectivity index (χ4v) is 3.37. The van der Waals surface area contributed by atoms with Crippen LogP contribution in [0.3, 0.4) is 0 Å². The van der Waals surface area contributed by atoms with Crippen LogP contribution in [0.25, 0.3) is 22.2 Å². The SMILES string of the molecule is CCCc1cc(S(=O)(=O)O)c2nc(-c3ccccc3)ccc2c1. The predicted molar refractivity (Wildman–Crippen MR) is 91.0 cm³/mol. The van der Waals surface area contributed by atoms with E-state index in [0.717, 1.165) is 24.0 Å². The molecular formula is C18H17NO3S. The minimum atomic E-state index is -4.33. The first-order chi connectivity index (χ1) is 11.0. The summed E-state index contributed by atoms with van der Waals surface area (Å²) in [6.45, 7) is 2.02. The molecule has 0 bridgehead atoms. The lowest BCUT2D eigenvalue weighted by Crippen LogP contribution is -2.02. The summed E-state index contributed by atoms with van der Waals surface area (Å²) in [5.74, 6) is 0. The maximum absolute atomic E-state index is 11.8. The molecule has 23 heavy (non-hydrogen) atoms. The molecule has 1 heterocycles. The molecule has 4 nitrogen and oxygen atoms in total. The Bertz CT molecular complexity index is 951. The maximum atomic E-state index is 11.8. The van der Waals surface area contributed by atoms with Crippen LogP contribution in [0, 0.1) is 0 Å². The summed E-state index contributed by atoms with van der Waals surface area (Å²) in [7, 11) is -4.33. The first kappa shape index (κ1) is 15.6. The molecule has 118 valence electrons. The number of benzene rings is 2. The van der Waals surface area contributed by atoms with Crippen LogP contribution in [0.2, 0.25) is 0 Å². The zero-order valence-electron chi connectivity index (χ0n) is 12.7. The summed E-state index contributed by atoms with van der Waals surface area (Å²) in [6.07, 6.45) is 1.64. The molecule has 0 radical (unpaired) electrons. The van der Waals surface area contributed by atoms with E-state index in [9.17, 15) is 13.0 Å². The fraction of sp³-hybridized carbons (Fsp3) is 0.167. The van der Waals surface area contributed by atoms with E-state index in [0.29, 0.717) is 16.6 Å². The summed E-state index contributed by atoms with van der Waals surface area (Å²) < 4.78 is 33.1. The first-order valence-electron chi connectivity index (χ1n) is 7.45. The monoisotopic (exact) mass is 327 g/mol. The molecule has 0 unspecified atom stereocenters. The van der Waals surface area contributed by atoms with Crippen LogP contribution < -0.4 is 0 Å². The van der Waals surface area contributed by atoms with Gasteiger partial charge in [-0.2, -0.15) is 8.42 Å². The van der Waals surface area contributed by atoms with Crippen molar-refractivity contribution < 1.29 is 13.0 Å². The summed E-state index contributed by atoms with van der Waals surface area (Å²) in [4.78, 5) is 4.35. The van der Waals surface area contributed by atoms with Crippen LogP contribution >= 0.6 is 0 Å². The molecule has 0 aliphatic rings. The number of rotatable bonds is 4. The highest BCUT2D eigenvalue weighted by Gasteiger charge is 2.17. The topological polar surface area (TPSA) is 67.3 Å². The van der Waals surface area contributed by atoms with Gasteiger partial charge in [0.05, 0.1) is 11.2 Å². The van der Waals surface area contributed by atoms with Gasteiger partial charge in [-0.25, -0.2) is 4.98 Å². The van der Waals surface area contributed by atoms with Gasteiger partial charge in [-0.1, -0.05) is 49.7 Å². The second-order valence-electron chi connectivity index (χ2n) is 5.45. The van der Waals surface area contributed by atoms with Crippen molar-refractivity contribution in [3.8, 4) is 11.3 Å². The second-order valence-corrected chi connectivity index (χ2v) is 6.84. The zero-order chi connectivity index (χ0) is 16.4. The number of hydrogen-bond acceptors (Lipinski definition) is 3. The van der Waals surface area contributed by atoms with Crippen molar-refractivity contribution in [2.45, 2.75) is 24.7 Å². The van der Waals surface area contributed by atoms with Crippen LogP contribution in [0.1, 0.15) is 18.9 Å². The van der Waals surface area contributed by atoms with Crippen LogP contribution in [0.4, 0.5) is 0 Å². The lowest BCUT2D eigenvalue weighted by molar-refractivity contribution is 0.484. The van der Waals surface area contributed by atoms with Gasteiger partial charge in [0, 0.05) is 10.9 Å². The van der Waals surface area contributed by atoms with Gasteiger partial charge in [0.2, 0.25) is 0 Å². The summed E-state index contributed by atoms with van der Waals surface area (Å²) >= 11 is 0. The number of pyridine rings is 1. The molecule has 1 aromatic heterocycles. The minimum Gasteiger partial charge on any atom is -0.282 e. The van der Waals surface area contributed by atoms with Crippen molar-refractivity contribution in [1.82, 2.24) is 4.98 Å². The molecule has 0 spiro atoms. The second kappa shape index (κ2) is 6.10. The van der Waals surface area contributed by atoms with Crippen LogP contribution in [-0.4, -0.2) is 18.0 Å². The van der Waals surface area contributed by atoms with Crippen molar-refractivity contribution in [3.63, 3.8) is 0 Å². The van der Waals surface area contributed by atoms with Crippen molar-refractivity contribution in [2.75, 3.05) is 0 Å². The van der Waals surface area contributed by atoms with Crippen LogP contribution in [0.15, 0.2) is 59.5 Å². The van der Waals surface area contributed by atoms with Crippen molar-refractivity contribution in [2.24, 2.45) is 0 Å². The number of hydrogen-bond donors (Lipinski definition) is 1. The first-order valence-corrected chi connectivity index (χ1v) is 8.89. The van der Waals surface area contributed by atoms with Gasteiger partial charge < -0.3 is 0 Å². The van der Waals surface area contributed by atoms with Gasteiger partial charge >= 0.3 is 0 Å². The Morgan fingerprint density at radius 2 is 1.78 bits per heavy atom. The highest BCUT2D eigenvalue weighted by Crippen LogP contribution is 2.27. The van der Waals surface area contributed by atoms with Crippen molar-refractivity contribution >= 4 is 21.0 Å². The molecule has 0 aliphatic heterocycles. The zero-order valence-corrected chi connectivity index (χ0v) is 13.5. The van der Waals surface area contributed by atoms with E-state index >= 15 is 0 Å². The standard InChI is InChI=1S/C18H17NO3S/c1-2-6-13-11-15-9-10-16(14-7-4-3-5-8-14)19-18(15)17(12-13)23(20,21)22/h3-5,7-12H,2,6H2,1H3,(H,20,21,22). The minimum absolute atomic E-state index is 0.128. The highest BCUT2D eigenvalue weighted by molar-refractivity contribution is 7.86. The summed E-state index contributed by atoms with van der Waals surface area (Å²) in [5.41, 5.74) is 2.75. The van der Waals surface area contributed by atoms with E-state index in [4.69, 9.17) is 0 Å². The fourth-order valence-electron chi connectivity index (χ4n) is 2.66. The lowest BCUT2D eigenvalue weighted by Gasteiger charge is -2.09. The maximum Gasteiger partial charge on any atom is 0.296 e. The third-order valence-electron chi connectivity index (χ3n) is 3.70. The van der Waals surface area contributed by atoms with E-state index < -0.39 is 10.1 Å². The van der Waals surface area contributed by atoms with E-state index in [-0.39, 0.29) is 4.90 Å². The Balaban J connectivity index is 2.27. The molecular weight excluding hydrogens is 310 g/mol. The smallest absolute Gasteiger partial charge is 0.282 e. The Morgan fingerprint density at radius 3 is 2.43 bits per heavy atom. The summed E-state index contributed by atoms with van der Waals surface area (Å²) in [6, 6.07) is 16.7. The van der Waals surface area contributed by atoms with E-state index in [1.807, 2.05) is 55.5 Å². The quantitative estimate of drug-likeness (QED) is 0.733.